The number of nitrogens with zero attached hydrogens (tertiary/aromatic N) is 3. The van der Waals surface area contributed by atoms with E-state index in [4.69, 9.17) is 10.6 Å². The second-order valence-corrected chi connectivity index (χ2v) is 3.84. The van der Waals surface area contributed by atoms with E-state index < -0.39 is 10.9 Å². The highest BCUT2D eigenvalue weighted by atomic mass is 32.2. The van der Waals surface area contributed by atoms with Crippen LogP contribution in [-0.2, 0) is 9.53 Å². The molecule has 9 nitrogen and oxygen atoms in total. The van der Waals surface area contributed by atoms with Crippen molar-refractivity contribution in [3.8, 4) is 0 Å². The zero-order valence-corrected chi connectivity index (χ0v) is 10.3. The Kier molecular flexibility index (Phi) is 5.27. The quantitative estimate of drug-likeness (QED) is 0.188. The van der Waals surface area contributed by atoms with Gasteiger partial charge < -0.3 is 10.2 Å². The zero-order valence-electron chi connectivity index (χ0n) is 9.45. The summed E-state index contributed by atoms with van der Waals surface area (Å²) in [5, 5.41) is 10.9. The molecule has 0 spiro atoms. The van der Waals surface area contributed by atoms with Gasteiger partial charge in [0.2, 0.25) is 5.82 Å². The maximum atomic E-state index is 11.2. The minimum absolute atomic E-state index is 0.0519. The summed E-state index contributed by atoms with van der Waals surface area (Å²) < 4.78 is 4.71. The molecule has 0 aliphatic rings. The van der Waals surface area contributed by atoms with E-state index in [9.17, 15) is 14.9 Å². The number of esters is 1. The summed E-state index contributed by atoms with van der Waals surface area (Å²) in [6.07, 6.45) is 1.12. The molecule has 1 rings (SSSR count). The normalized spacial score (nSPS) is 9.89. The van der Waals surface area contributed by atoms with Gasteiger partial charge in [-0.2, -0.15) is 0 Å². The third kappa shape index (κ3) is 3.53. The van der Waals surface area contributed by atoms with Crippen LogP contribution < -0.4 is 11.3 Å². The second kappa shape index (κ2) is 6.71. The Morgan fingerprint density at radius 3 is 2.94 bits per heavy atom. The molecule has 0 fully saturated rings. The van der Waals surface area contributed by atoms with Gasteiger partial charge in [0.05, 0.1) is 17.3 Å². The van der Waals surface area contributed by atoms with Gasteiger partial charge in [0, 0.05) is 0 Å². The summed E-state index contributed by atoms with van der Waals surface area (Å²) in [6, 6.07) is 0. The molecule has 1 aromatic rings. The summed E-state index contributed by atoms with van der Waals surface area (Å²) in [5.41, 5.74) is 1.74. The highest BCUT2D eigenvalue weighted by molar-refractivity contribution is 8.00. The summed E-state index contributed by atoms with van der Waals surface area (Å²) in [5.74, 6) is 4.46. The monoisotopic (exact) mass is 273 g/mol. The summed E-state index contributed by atoms with van der Waals surface area (Å²) in [4.78, 5) is 28.7. The first-order valence-corrected chi connectivity index (χ1v) is 5.83. The fourth-order valence-corrected chi connectivity index (χ4v) is 1.84. The highest BCUT2D eigenvalue weighted by Gasteiger charge is 2.23. The Balaban J connectivity index is 2.88. The average Bonchev–Trinajstić information content (AvgIpc) is 2.35. The molecule has 10 heteroatoms. The number of nitro groups is 1. The van der Waals surface area contributed by atoms with Gasteiger partial charge in [-0.25, -0.2) is 15.8 Å². The van der Waals surface area contributed by atoms with Crippen molar-refractivity contribution in [2.45, 2.75) is 11.9 Å². The molecule has 1 heterocycles. The molecule has 0 saturated carbocycles. The van der Waals surface area contributed by atoms with Crippen molar-refractivity contribution in [1.82, 2.24) is 9.97 Å². The minimum Gasteiger partial charge on any atom is -0.465 e. The zero-order chi connectivity index (χ0) is 13.5. The van der Waals surface area contributed by atoms with Crippen LogP contribution in [0.15, 0.2) is 11.4 Å². The van der Waals surface area contributed by atoms with E-state index in [2.05, 4.69) is 15.4 Å². The van der Waals surface area contributed by atoms with Crippen LogP contribution in [0.5, 0.6) is 0 Å². The van der Waals surface area contributed by atoms with Gasteiger partial charge >= 0.3 is 11.7 Å². The first-order chi connectivity index (χ1) is 8.60. The van der Waals surface area contributed by atoms with Crippen molar-refractivity contribution in [3.63, 3.8) is 0 Å². The predicted molar refractivity (Wildman–Crippen MR) is 63.9 cm³/mol. The van der Waals surface area contributed by atoms with Crippen LogP contribution in [0.1, 0.15) is 6.92 Å². The largest absolute Gasteiger partial charge is 0.465 e. The number of carbonyl (C=O) groups excluding carboxylic acids is 1. The van der Waals surface area contributed by atoms with Crippen LogP contribution in [0.25, 0.3) is 0 Å². The van der Waals surface area contributed by atoms with E-state index in [0.717, 1.165) is 18.1 Å². The number of anilines is 1. The third-order valence-electron chi connectivity index (χ3n) is 1.74. The van der Waals surface area contributed by atoms with Gasteiger partial charge in [0.15, 0.2) is 5.03 Å². The van der Waals surface area contributed by atoms with Gasteiger partial charge in [-0.1, -0.05) is 11.8 Å². The summed E-state index contributed by atoms with van der Waals surface area (Å²) in [6.45, 7) is 1.92. The highest BCUT2D eigenvalue weighted by Crippen LogP contribution is 2.31. The molecule has 18 heavy (non-hydrogen) atoms. The molecular weight excluding hydrogens is 262 g/mol. The minimum atomic E-state index is -0.664. The number of hydrazine groups is 1. The third-order valence-corrected chi connectivity index (χ3v) is 2.69. The Hall–Kier alpha value is -1.94. The number of hydrogen-bond acceptors (Lipinski definition) is 9. The molecule has 0 aromatic carbocycles. The van der Waals surface area contributed by atoms with E-state index in [-0.39, 0.29) is 28.9 Å². The lowest BCUT2D eigenvalue weighted by atomic mass is 10.5. The molecule has 0 saturated heterocycles. The van der Waals surface area contributed by atoms with Crippen molar-refractivity contribution in [2.24, 2.45) is 5.84 Å². The first-order valence-electron chi connectivity index (χ1n) is 4.84. The SMILES string of the molecule is CCOC(=O)CSc1ncnc(NN)c1[N+](=O)[O-]. The topological polar surface area (TPSA) is 133 Å². The number of rotatable bonds is 6. The van der Waals surface area contributed by atoms with Crippen LogP contribution in [0.4, 0.5) is 11.5 Å². The maximum absolute atomic E-state index is 11.2. The average molecular weight is 273 g/mol. The first kappa shape index (κ1) is 14.1. The van der Waals surface area contributed by atoms with Crippen molar-refractivity contribution in [2.75, 3.05) is 17.8 Å². The van der Waals surface area contributed by atoms with Gasteiger partial charge in [-0.15, -0.1) is 0 Å². The maximum Gasteiger partial charge on any atom is 0.344 e. The molecule has 3 N–H and O–H groups in total. The Labute approximate surface area is 106 Å². The van der Waals surface area contributed by atoms with Crippen molar-refractivity contribution in [3.05, 3.63) is 16.4 Å². The van der Waals surface area contributed by atoms with Crippen LogP contribution in [0.2, 0.25) is 0 Å². The Bertz CT molecular complexity index is 455. The van der Waals surface area contributed by atoms with E-state index in [1.54, 1.807) is 6.92 Å². The van der Waals surface area contributed by atoms with Gasteiger partial charge in [-0.3, -0.25) is 14.9 Å². The standard InChI is InChI=1S/C8H11N5O4S/c1-2-17-5(14)3-18-8-6(13(15)16)7(12-9)10-4-11-8/h4H,2-3,9H2,1H3,(H,10,11,12). The van der Waals surface area contributed by atoms with Crippen LogP contribution in [-0.4, -0.2) is 33.2 Å². The van der Waals surface area contributed by atoms with Crippen LogP contribution in [0.3, 0.4) is 0 Å². The number of nitrogens with one attached hydrogen (secondary N) is 1. The summed E-state index contributed by atoms with van der Waals surface area (Å²) in [7, 11) is 0. The van der Waals surface area contributed by atoms with E-state index in [1.165, 1.54) is 0 Å². The van der Waals surface area contributed by atoms with Gasteiger partial charge in [0.25, 0.3) is 0 Å². The number of hydrogen-bond donors (Lipinski definition) is 2. The predicted octanol–water partition coefficient (Wildman–Crippen LogP) is 0.326. The van der Waals surface area contributed by atoms with Crippen LogP contribution in [0, 0.1) is 10.1 Å². The number of aromatic nitrogens is 2. The lowest BCUT2D eigenvalue weighted by Gasteiger charge is -2.04. The Morgan fingerprint density at radius 2 is 2.39 bits per heavy atom. The molecule has 0 bridgehead atoms. The fraction of sp³-hybridized carbons (Fsp3) is 0.375. The molecule has 0 radical (unpaired) electrons. The number of nitrogen functional groups attached to an aromatic ring is 1. The molecule has 0 atom stereocenters. The number of thioether (sulfide) groups is 1. The number of ether oxygens (including phenoxy) is 1. The van der Waals surface area contributed by atoms with E-state index in [1.807, 2.05) is 0 Å². The van der Waals surface area contributed by atoms with Crippen molar-refractivity contribution >= 4 is 29.2 Å². The molecule has 1 aromatic heterocycles. The van der Waals surface area contributed by atoms with Gasteiger partial charge in [-0.05, 0) is 6.92 Å². The van der Waals surface area contributed by atoms with E-state index in [0.29, 0.717) is 0 Å². The molecule has 98 valence electrons. The van der Waals surface area contributed by atoms with E-state index >= 15 is 0 Å². The summed E-state index contributed by atoms with van der Waals surface area (Å²) >= 11 is 0.890. The fourth-order valence-electron chi connectivity index (χ4n) is 1.07. The molecule has 0 aliphatic heterocycles. The lowest BCUT2D eigenvalue weighted by molar-refractivity contribution is -0.387. The second-order valence-electron chi connectivity index (χ2n) is 2.87. The lowest BCUT2D eigenvalue weighted by Crippen LogP contribution is -2.12. The van der Waals surface area contributed by atoms with Crippen LogP contribution >= 0.6 is 11.8 Å². The molecular formula is C8H11N5O4S. The number of carbonyl (C=O) groups is 1. The Morgan fingerprint density at radius 1 is 1.67 bits per heavy atom. The number of nitrogens with two attached hydrogens (primary N) is 1. The smallest absolute Gasteiger partial charge is 0.344 e. The van der Waals surface area contributed by atoms with Crippen molar-refractivity contribution < 1.29 is 14.5 Å². The molecule has 0 amide bonds. The van der Waals surface area contributed by atoms with Gasteiger partial charge in [0.1, 0.15) is 6.33 Å². The molecule has 0 unspecified atom stereocenters. The van der Waals surface area contributed by atoms with Crippen molar-refractivity contribution in [1.29, 1.82) is 0 Å². The molecule has 0 aliphatic carbocycles.